The van der Waals surface area contributed by atoms with E-state index >= 15 is 0 Å². The molecule has 0 spiro atoms. The van der Waals surface area contributed by atoms with E-state index in [4.69, 9.17) is 9.15 Å². The summed E-state index contributed by atoms with van der Waals surface area (Å²) in [5.41, 5.74) is 8.33. The monoisotopic (exact) mass is 926 g/mol. The molecule has 0 saturated carbocycles. The third-order valence-electron chi connectivity index (χ3n) is 13.5. The summed E-state index contributed by atoms with van der Waals surface area (Å²) >= 11 is 5.42. The Morgan fingerprint density at radius 1 is 0.426 bits per heavy atom. The van der Waals surface area contributed by atoms with E-state index in [2.05, 4.69) is 204 Å². The lowest BCUT2D eigenvalue weighted by molar-refractivity contribution is 0.415. The first-order valence-electron chi connectivity index (χ1n) is 22.6. The number of rotatable bonds is 8. The van der Waals surface area contributed by atoms with Gasteiger partial charge in [-0.15, -0.1) is 22.7 Å². The number of hydrogen-bond acceptors (Lipinski definition) is 7. The first-order chi connectivity index (χ1) is 33.6. The van der Waals surface area contributed by atoms with Crippen LogP contribution in [0.3, 0.4) is 0 Å². The predicted molar refractivity (Wildman–Crippen MR) is 296 cm³/mol. The van der Waals surface area contributed by atoms with Crippen molar-refractivity contribution >= 4 is 167 Å². The summed E-state index contributed by atoms with van der Waals surface area (Å²) < 4.78 is 19.3. The van der Waals surface area contributed by atoms with Crippen LogP contribution in [-0.2, 0) is 0 Å². The molecule has 10 aromatic carbocycles. The van der Waals surface area contributed by atoms with Gasteiger partial charge >= 0.3 is 0 Å². The maximum Gasteiger partial charge on any atom is 0.190 e. The third-order valence-corrected chi connectivity index (χ3v) is 16.9. The quantitative estimate of drug-likeness (QED) is 0.152. The minimum absolute atomic E-state index is 0.795. The van der Waals surface area contributed by atoms with Crippen LogP contribution in [0.4, 0.5) is 34.1 Å². The molecule has 4 aromatic heterocycles. The Labute approximate surface area is 403 Å². The summed E-state index contributed by atoms with van der Waals surface area (Å²) in [5.74, 6) is 0.795. The molecule has 0 unspecified atom stereocenters. The van der Waals surface area contributed by atoms with E-state index in [1.54, 1.807) is 18.4 Å². The molecule has 14 rings (SSSR count). The molecule has 0 aliphatic rings. The Kier molecular flexibility index (Phi) is 8.83. The lowest BCUT2D eigenvalue weighted by Gasteiger charge is -2.28. The van der Waals surface area contributed by atoms with Gasteiger partial charge in [-0.3, -0.25) is 0 Å². The molecule has 14 aromatic rings. The highest BCUT2D eigenvalue weighted by Gasteiger charge is 2.26. The predicted octanol–water partition coefficient (Wildman–Crippen LogP) is 19.4. The summed E-state index contributed by atoms with van der Waals surface area (Å²) in [6.45, 7) is 4.16. The van der Waals surface area contributed by atoms with Gasteiger partial charge < -0.3 is 19.0 Å². The molecule has 0 aliphatic carbocycles. The van der Waals surface area contributed by atoms with Crippen molar-refractivity contribution in [2.75, 3.05) is 16.9 Å². The van der Waals surface area contributed by atoms with Gasteiger partial charge in [-0.05, 0) is 84.4 Å². The van der Waals surface area contributed by atoms with Gasteiger partial charge in [-0.25, -0.2) is 0 Å². The van der Waals surface area contributed by atoms with Crippen molar-refractivity contribution in [2.45, 2.75) is 0 Å². The highest BCUT2D eigenvalue weighted by atomic mass is 32.1. The molecule has 0 fully saturated rings. The highest BCUT2D eigenvalue weighted by molar-refractivity contribution is 7.27. The number of fused-ring (bicyclic) bond motifs is 15. The molecule has 322 valence electrons. The third kappa shape index (κ3) is 5.96. The van der Waals surface area contributed by atoms with Crippen molar-refractivity contribution in [3.05, 3.63) is 206 Å². The average molecular weight is 927 g/mol. The number of ether oxygens (including phenoxy) is 1. The van der Waals surface area contributed by atoms with Crippen molar-refractivity contribution in [2.24, 2.45) is 0 Å². The van der Waals surface area contributed by atoms with E-state index in [9.17, 15) is 0 Å². The second-order valence-electron chi connectivity index (χ2n) is 17.2. The van der Waals surface area contributed by atoms with Gasteiger partial charge in [0, 0.05) is 112 Å². The first kappa shape index (κ1) is 39.2. The number of thiophene rings is 3. The molecule has 7 heteroatoms. The number of furan rings is 1. The van der Waals surface area contributed by atoms with Gasteiger partial charge in [-0.1, -0.05) is 133 Å². The molecule has 4 heterocycles. The number of hydrogen-bond donors (Lipinski definition) is 0. The SMILES string of the molecule is C=Cc1cccc(N(c2ccc3c(c2)sc2ccccc23)c2cc3c(sc4oc5c6ccccc6c(N(c6cccc(OC)c6)c6ccc7sc8ccccc8c7c6)cc5c43)c3ccccc23)c1. The number of benzene rings is 10. The standard InChI is InChI=1S/C61H38N2O2S3/c1-3-36-14-12-15-37(30-36)62(40-26-28-46-44-20-8-10-24-54(44)67-57(46)33-40)53-35-51-58-50-34-52(42-18-4-6-22-47(42)59(50)65-61(58)68-60(51)48-23-7-5-19-43(48)53)63(38-16-13-17-41(31-38)64-2)39-27-29-56-49(32-39)45-21-9-11-25-55(45)66-56/h3-35H,1H2,2H3. The Balaban J connectivity index is 1.06. The van der Waals surface area contributed by atoms with Gasteiger partial charge in [0.25, 0.3) is 0 Å². The minimum atomic E-state index is 0.795. The van der Waals surface area contributed by atoms with E-state index in [1.165, 1.54) is 55.8 Å². The zero-order chi connectivity index (χ0) is 45.0. The van der Waals surface area contributed by atoms with Crippen molar-refractivity contribution < 1.29 is 9.15 Å². The normalized spacial score (nSPS) is 12.0. The van der Waals surface area contributed by atoms with Crippen molar-refractivity contribution in [1.29, 1.82) is 0 Å². The minimum Gasteiger partial charge on any atom is -0.497 e. The molecule has 4 nitrogen and oxygen atoms in total. The molecule has 0 bridgehead atoms. The van der Waals surface area contributed by atoms with Crippen LogP contribution in [0.25, 0.3) is 99.3 Å². The van der Waals surface area contributed by atoms with Gasteiger partial charge in [0.15, 0.2) is 4.90 Å². The van der Waals surface area contributed by atoms with E-state index < -0.39 is 0 Å². The topological polar surface area (TPSA) is 28.9 Å². The van der Waals surface area contributed by atoms with E-state index in [1.807, 2.05) is 34.8 Å². The summed E-state index contributed by atoms with van der Waals surface area (Å²) in [7, 11) is 1.73. The zero-order valence-electron chi connectivity index (χ0n) is 36.7. The van der Waals surface area contributed by atoms with Gasteiger partial charge in [0.05, 0.1) is 18.5 Å². The summed E-state index contributed by atoms with van der Waals surface area (Å²) in [4.78, 5) is 5.73. The molecule has 0 atom stereocenters. The van der Waals surface area contributed by atoms with Crippen LogP contribution in [-0.4, -0.2) is 7.11 Å². The fourth-order valence-electron chi connectivity index (χ4n) is 10.4. The Morgan fingerprint density at radius 2 is 0.985 bits per heavy atom. The Bertz CT molecular complexity index is 4380. The molecule has 0 radical (unpaired) electrons. The summed E-state index contributed by atoms with van der Waals surface area (Å²) in [6, 6.07) is 70.6. The molecular formula is C61H38N2O2S3. The van der Waals surface area contributed by atoms with Crippen molar-refractivity contribution in [3.63, 3.8) is 0 Å². The summed E-state index contributed by atoms with van der Waals surface area (Å²) in [6.07, 6.45) is 1.93. The molecule has 0 N–H and O–H groups in total. The van der Waals surface area contributed by atoms with Crippen LogP contribution in [0.2, 0.25) is 0 Å². The average Bonchev–Trinajstić information content (AvgIpc) is 4.16. The molecule has 68 heavy (non-hydrogen) atoms. The summed E-state index contributed by atoms with van der Waals surface area (Å²) in [5, 5.41) is 12.9. The Morgan fingerprint density at radius 3 is 1.74 bits per heavy atom. The van der Waals surface area contributed by atoms with Gasteiger partial charge in [-0.2, -0.15) is 0 Å². The highest BCUT2D eigenvalue weighted by Crippen LogP contribution is 2.52. The van der Waals surface area contributed by atoms with Crippen LogP contribution in [0.15, 0.2) is 205 Å². The second kappa shape index (κ2) is 15.3. The first-order valence-corrected chi connectivity index (χ1v) is 25.1. The van der Waals surface area contributed by atoms with E-state index in [0.29, 0.717) is 0 Å². The molecule has 0 amide bonds. The van der Waals surface area contributed by atoms with Crippen LogP contribution in [0.1, 0.15) is 5.56 Å². The van der Waals surface area contributed by atoms with Crippen LogP contribution in [0.5, 0.6) is 5.75 Å². The second-order valence-corrected chi connectivity index (χ2v) is 20.4. The smallest absolute Gasteiger partial charge is 0.190 e. The van der Waals surface area contributed by atoms with Crippen LogP contribution in [0, 0.1) is 0 Å². The number of nitrogens with zero attached hydrogens (tertiary/aromatic N) is 2. The molecular weight excluding hydrogens is 889 g/mol. The Hall–Kier alpha value is -7.94. The van der Waals surface area contributed by atoms with Gasteiger partial charge in [0.1, 0.15) is 11.3 Å². The van der Waals surface area contributed by atoms with E-state index in [0.717, 1.165) is 82.8 Å². The van der Waals surface area contributed by atoms with Crippen LogP contribution < -0.4 is 14.5 Å². The fourth-order valence-corrected chi connectivity index (χ4v) is 13.8. The lowest BCUT2D eigenvalue weighted by Crippen LogP contribution is -2.11. The number of methoxy groups -OCH3 is 1. The maximum atomic E-state index is 7.11. The number of anilines is 6. The van der Waals surface area contributed by atoms with Gasteiger partial charge in [0.2, 0.25) is 0 Å². The van der Waals surface area contributed by atoms with E-state index in [-0.39, 0.29) is 0 Å². The lowest BCUT2D eigenvalue weighted by atomic mass is 9.99. The van der Waals surface area contributed by atoms with Crippen molar-refractivity contribution in [1.82, 2.24) is 0 Å². The largest absolute Gasteiger partial charge is 0.497 e. The molecule has 0 aliphatic heterocycles. The maximum absolute atomic E-state index is 7.11. The van der Waals surface area contributed by atoms with Crippen LogP contribution >= 0.6 is 34.0 Å². The fraction of sp³-hybridized carbons (Fsp3) is 0.0164. The molecule has 0 saturated heterocycles. The van der Waals surface area contributed by atoms with Crippen molar-refractivity contribution in [3.8, 4) is 5.75 Å². The zero-order valence-corrected chi connectivity index (χ0v) is 39.1.